The number of nitrogens with two attached hydrogens (primary N) is 1. The van der Waals surface area contributed by atoms with E-state index in [1.165, 1.54) is 0 Å². The number of hydrogen-bond donors (Lipinski definition) is 1. The van der Waals surface area contributed by atoms with Crippen LogP contribution in [0.25, 0.3) is 0 Å². The van der Waals surface area contributed by atoms with E-state index >= 15 is 0 Å². The van der Waals surface area contributed by atoms with Crippen LogP contribution in [0.3, 0.4) is 0 Å². The van der Waals surface area contributed by atoms with Gasteiger partial charge < -0.3 is 10.6 Å². The maximum atomic E-state index is 12.8. The van der Waals surface area contributed by atoms with Gasteiger partial charge >= 0.3 is 0 Å². The minimum absolute atomic E-state index is 0. The number of hydrogen-bond acceptors (Lipinski definition) is 4. The van der Waals surface area contributed by atoms with Gasteiger partial charge in [0.25, 0.3) is 5.91 Å². The summed E-state index contributed by atoms with van der Waals surface area (Å²) in [5, 5.41) is 0. The highest BCUT2D eigenvalue weighted by Gasteiger charge is 2.33. The predicted octanol–water partition coefficient (Wildman–Crippen LogP) is 2.14. The first-order valence-electron chi connectivity index (χ1n) is 7.28. The molecule has 1 aromatic rings. The lowest BCUT2D eigenvalue weighted by atomic mass is 10.0. The molecule has 5 nitrogen and oxygen atoms in total. The number of likely N-dealkylation sites (tertiary alicyclic amines) is 1. The largest absolute Gasteiger partial charge is 0.335 e. The van der Waals surface area contributed by atoms with E-state index in [2.05, 4.69) is 30.7 Å². The molecule has 1 aliphatic rings. The summed E-state index contributed by atoms with van der Waals surface area (Å²) >= 11 is 0. The fraction of sp³-hybridized carbons (Fsp3) is 0.667. The van der Waals surface area contributed by atoms with Crippen LogP contribution in [-0.4, -0.2) is 39.9 Å². The molecule has 21 heavy (non-hydrogen) atoms. The van der Waals surface area contributed by atoms with Crippen molar-refractivity contribution in [2.45, 2.75) is 46.1 Å². The molecule has 1 amide bonds. The molecule has 0 aliphatic carbocycles. The highest BCUT2D eigenvalue weighted by molar-refractivity contribution is 5.95. The fourth-order valence-electron chi connectivity index (χ4n) is 2.84. The molecule has 0 spiro atoms. The highest BCUT2D eigenvalue weighted by Crippen LogP contribution is 2.26. The molecule has 0 saturated carbocycles. The number of carbonyl (C=O) groups is 1. The molecule has 2 N–H and O–H groups in total. The molecule has 1 aromatic heterocycles. The van der Waals surface area contributed by atoms with Crippen LogP contribution in [-0.2, 0) is 0 Å². The molecule has 118 valence electrons. The van der Waals surface area contributed by atoms with Crippen molar-refractivity contribution in [2.75, 3.05) is 13.1 Å². The van der Waals surface area contributed by atoms with Crippen molar-refractivity contribution in [2.24, 2.45) is 11.7 Å². The third-order valence-corrected chi connectivity index (χ3v) is 3.97. The van der Waals surface area contributed by atoms with E-state index in [9.17, 15) is 4.79 Å². The molecule has 1 fully saturated rings. The molecule has 6 heteroatoms. The van der Waals surface area contributed by atoms with Crippen LogP contribution in [0, 0.1) is 12.8 Å². The number of amides is 1. The second-order valence-electron chi connectivity index (χ2n) is 6.01. The molecule has 1 aliphatic heterocycles. The Bertz CT molecular complexity index is 506. The first-order chi connectivity index (χ1) is 9.43. The average molecular weight is 313 g/mol. The number of aromatic nitrogens is 2. The van der Waals surface area contributed by atoms with E-state index in [1.807, 2.05) is 11.8 Å². The molecular weight excluding hydrogens is 288 g/mol. The first kappa shape index (κ1) is 17.9. The summed E-state index contributed by atoms with van der Waals surface area (Å²) in [5.41, 5.74) is 7.21. The zero-order chi connectivity index (χ0) is 14.9. The zero-order valence-electron chi connectivity index (χ0n) is 13.2. The van der Waals surface area contributed by atoms with Gasteiger partial charge in [-0.15, -0.1) is 12.4 Å². The quantitative estimate of drug-likeness (QED) is 0.928. The lowest BCUT2D eigenvalue weighted by molar-refractivity contribution is 0.0741. The lowest BCUT2D eigenvalue weighted by Crippen LogP contribution is -2.35. The van der Waals surface area contributed by atoms with Crippen molar-refractivity contribution in [3.05, 3.63) is 23.3 Å². The molecule has 2 atom stereocenters. The summed E-state index contributed by atoms with van der Waals surface area (Å²) in [6.07, 6.45) is 2.65. The van der Waals surface area contributed by atoms with Crippen molar-refractivity contribution in [1.29, 1.82) is 0 Å². The van der Waals surface area contributed by atoms with Gasteiger partial charge in [0.2, 0.25) is 0 Å². The fourth-order valence-corrected chi connectivity index (χ4v) is 2.84. The van der Waals surface area contributed by atoms with Crippen LogP contribution in [0.2, 0.25) is 0 Å². The normalized spacial score (nSPS) is 21.5. The third kappa shape index (κ3) is 3.71. The van der Waals surface area contributed by atoms with Crippen molar-refractivity contribution >= 4 is 18.3 Å². The SMILES string of the molecule is Cc1ncc(C(=O)N2CC(CN)CC2C)c(C(C)C)n1.Cl. The van der Waals surface area contributed by atoms with Crippen molar-refractivity contribution in [3.63, 3.8) is 0 Å². The Morgan fingerprint density at radius 3 is 2.71 bits per heavy atom. The van der Waals surface area contributed by atoms with Gasteiger partial charge in [-0.1, -0.05) is 13.8 Å². The maximum absolute atomic E-state index is 12.8. The summed E-state index contributed by atoms with van der Waals surface area (Å²) < 4.78 is 0. The highest BCUT2D eigenvalue weighted by atomic mass is 35.5. The van der Waals surface area contributed by atoms with Crippen molar-refractivity contribution in [3.8, 4) is 0 Å². The Hall–Kier alpha value is -1.20. The maximum Gasteiger partial charge on any atom is 0.257 e. The van der Waals surface area contributed by atoms with Crippen LogP contribution in [0.5, 0.6) is 0 Å². The molecule has 0 aromatic carbocycles. The second-order valence-corrected chi connectivity index (χ2v) is 6.01. The summed E-state index contributed by atoms with van der Waals surface area (Å²) in [4.78, 5) is 23.3. The number of halogens is 1. The van der Waals surface area contributed by atoms with Crippen LogP contribution < -0.4 is 5.73 Å². The summed E-state index contributed by atoms with van der Waals surface area (Å²) in [7, 11) is 0. The zero-order valence-corrected chi connectivity index (χ0v) is 14.0. The Labute approximate surface area is 132 Å². The summed E-state index contributed by atoms with van der Waals surface area (Å²) in [6, 6.07) is 0.234. The molecule has 0 bridgehead atoms. The number of rotatable bonds is 3. The topological polar surface area (TPSA) is 72.1 Å². The smallest absolute Gasteiger partial charge is 0.257 e. The molecule has 2 rings (SSSR count). The average Bonchev–Trinajstić information content (AvgIpc) is 2.79. The van der Waals surface area contributed by atoms with Gasteiger partial charge in [-0.2, -0.15) is 0 Å². The van der Waals surface area contributed by atoms with E-state index in [4.69, 9.17) is 5.73 Å². The van der Waals surface area contributed by atoms with E-state index in [1.54, 1.807) is 6.20 Å². The van der Waals surface area contributed by atoms with E-state index in [0.29, 0.717) is 23.9 Å². The molecule has 2 unspecified atom stereocenters. The van der Waals surface area contributed by atoms with Gasteiger partial charge in [-0.3, -0.25) is 4.79 Å². The van der Waals surface area contributed by atoms with Gasteiger partial charge in [0.15, 0.2) is 0 Å². The third-order valence-electron chi connectivity index (χ3n) is 3.97. The predicted molar refractivity (Wildman–Crippen MR) is 85.8 cm³/mol. The van der Waals surface area contributed by atoms with Gasteiger partial charge in [-0.05, 0) is 38.6 Å². The van der Waals surface area contributed by atoms with Crippen LogP contribution in [0.4, 0.5) is 0 Å². The summed E-state index contributed by atoms with van der Waals surface area (Å²) in [6.45, 7) is 9.40. The van der Waals surface area contributed by atoms with Gasteiger partial charge in [0, 0.05) is 18.8 Å². The first-order valence-corrected chi connectivity index (χ1v) is 7.28. The number of aryl methyl sites for hydroxylation is 1. The standard InChI is InChI=1S/C15H24N4O.ClH/c1-9(2)14-13(7-17-11(4)18-14)15(20)19-8-12(6-16)5-10(19)3;/h7,9-10,12H,5-6,8,16H2,1-4H3;1H. The van der Waals surface area contributed by atoms with Gasteiger partial charge in [-0.25, -0.2) is 9.97 Å². The van der Waals surface area contributed by atoms with Crippen LogP contribution in [0.1, 0.15) is 55.0 Å². The minimum atomic E-state index is 0. The monoisotopic (exact) mass is 312 g/mol. The van der Waals surface area contributed by atoms with Crippen LogP contribution in [0.15, 0.2) is 6.20 Å². The Balaban J connectivity index is 0.00000220. The minimum Gasteiger partial charge on any atom is -0.335 e. The number of nitrogens with zero attached hydrogens (tertiary/aromatic N) is 3. The Morgan fingerprint density at radius 1 is 1.52 bits per heavy atom. The Kier molecular flexibility index (Phi) is 6.10. The van der Waals surface area contributed by atoms with Gasteiger partial charge in [0.05, 0.1) is 11.3 Å². The molecule has 2 heterocycles. The Morgan fingerprint density at radius 2 is 2.19 bits per heavy atom. The molecular formula is C15H25ClN4O. The lowest BCUT2D eigenvalue weighted by Gasteiger charge is -2.23. The second kappa shape index (κ2) is 7.18. The van der Waals surface area contributed by atoms with Crippen molar-refractivity contribution in [1.82, 2.24) is 14.9 Å². The van der Waals surface area contributed by atoms with E-state index < -0.39 is 0 Å². The van der Waals surface area contributed by atoms with Crippen LogP contribution >= 0.6 is 12.4 Å². The van der Waals surface area contributed by atoms with E-state index in [0.717, 1.165) is 18.7 Å². The number of carbonyl (C=O) groups excluding carboxylic acids is 1. The summed E-state index contributed by atoms with van der Waals surface area (Å²) in [5.74, 6) is 1.36. The molecule has 1 saturated heterocycles. The van der Waals surface area contributed by atoms with E-state index in [-0.39, 0.29) is 30.3 Å². The van der Waals surface area contributed by atoms with Gasteiger partial charge in [0.1, 0.15) is 5.82 Å². The molecule has 0 radical (unpaired) electrons. The van der Waals surface area contributed by atoms with Crippen molar-refractivity contribution < 1.29 is 4.79 Å².